The maximum absolute atomic E-state index is 10.8. The number of rotatable bonds is 5. The Morgan fingerprint density at radius 2 is 1.00 bits per heavy atom. The lowest BCUT2D eigenvalue weighted by atomic mass is 10.3. The minimum absolute atomic E-state index is 0.217. The Kier molecular flexibility index (Phi) is 4.79. The van der Waals surface area contributed by atoms with Crippen molar-refractivity contribution in [3.63, 3.8) is 0 Å². The summed E-state index contributed by atoms with van der Waals surface area (Å²) in [5.74, 6) is 2.54. The summed E-state index contributed by atoms with van der Waals surface area (Å²) in [4.78, 5) is 0.217. The van der Waals surface area contributed by atoms with E-state index < -0.39 is 11.1 Å². The van der Waals surface area contributed by atoms with Crippen molar-refractivity contribution in [1.82, 2.24) is 0 Å². The molecular weight excluding hydrogens is 326 g/mol. The first-order valence-electron chi connectivity index (χ1n) is 7.11. The van der Waals surface area contributed by atoms with Gasteiger partial charge in [0.2, 0.25) is 0 Å². The minimum atomic E-state index is -2.24. The van der Waals surface area contributed by atoms with Gasteiger partial charge in [0.1, 0.15) is 23.0 Å². The van der Waals surface area contributed by atoms with Gasteiger partial charge in [-0.25, -0.2) is 0 Å². The number of hydrogen-bond acceptors (Lipinski definition) is 5. The monoisotopic (exact) mass is 340 g/mol. The second kappa shape index (κ2) is 7.16. The third-order valence-electron chi connectivity index (χ3n) is 3.19. The van der Waals surface area contributed by atoms with Crippen molar-refractivity contribution >= 4 is 16.8 Å². The molecule has 0 aliphatic rings. The number of ether oxygens (including phenoxy) is 2. The molecule has 1 atom stereocenters. The fourth-order valence-electron chi connectivity index (χ4n) is 2.00. The molecule has 0 radical (unpaired) electrons. The fraction of sp³-hybridized carbons (Fsp3) is 0. The van der Waals surface area contributed by atoms with Gasteiger partial charge in [-0.2, -0.15) is 0 Å². The van der Waals surface area contributed by atoms with E-state index in [1.165, 1.54) is 12.1 Å². The Bertz CT molecular complexity index is 830. The molecule has 2 N–H and O–H groups in total. The maximum atomic E-state index is 10.8. The average Bonchev–Trinajstić information content (AvgIpc) is 2.59. The summed E-state index contributed by atoms with van der Waals surface area (Å²) in [6, 6.07) is 20.4. The van der Waals surface area contributed by atoms with Gasteiger partial charge in [-0.1, -0.05) is 0 Å². The van der Waals surface area contributed by atoms with E-state index in [1.807, 2.05) is 0 Å². The summed E-state index contributed by atoms with van der Waals surface area (Å²) in [7, 11) is 0. The molecule has 0 aliphatic heterocycles. The van der Waals surface area contributed by atoms with E-state index >= 15 is 0 Å². The SMILES string of the molecule is Nc1ccc(Oc2ccc(Oc3ccc(S(=O)[O-])cc3)cc2)cc1. The van der Waals surface area contributed by atoms with Gasteiger partial charge in [0.15, 0.2) is 0 Å². The standard InChI is InChI=1S/C18H15NO4S/c19-13-1-3-14(4-2-13)22-15-5-7-16(8-6-15)23-17-9-11-18(12-10-17)24(20)21/h1-12H,19H2,(H,20,21)/p-1. The zero-order valence-corrected chi connectivity index (χ0v) is 13.4. The van der Waals surface area contributed by atoms with Crippen molar-refractivity contribution < 1.29 is 18.2 Å². The largest absolute Gasteiger partial charge is 0.768 e. The van der Waals surface area contributed by atoms with Crippen molar-refractivity contribution in [1.29, 1.82) is 0 Å². The van der Waals surface area contributed by atoms with E-state index in [0.717, 1.165) is 0 Å². The highest BCUT2D eigenvalue weighted by molar-refractivity contribution is 7.79. The summed E-state index contributed by atoms with van der Waals surface area (Å²) in [6.45, 7) is 0. The van der Waals surface area contributed by atoms with Gasteiger partial charge in [-0.05, 0) is 83.9 Å². The number of benzene rings is 3. The molecule has 3 rings (SSSR count). The van der Waals surface area contributed by atoms with Gasteiger partial charge < -0.3 is 19.8 Å². The van der Waals surface area contributed by atoms with Crippen molar-refractivity contribution in [2.45, 2.75) is 4.90 Å². The van der Waals surface area contributed by atoms with E-state index in [0.29, 0.717) is 28.7 Å². The maximum Gasteiger partial charge on any atom is 0.127 e. The molecule has 3 aromatic carbocycles. The molecule has 0 heterocycles. The first-order valence-corrected chi connectivity index (χ1v) is 8.18. The summed E-state index contributed by atoms with van der Waals surface area (Å²) in [6.07, 6.45) is 0. The second-order valence-electron chi connectivity index (χ2n) is 4.95. The van der Waals surface area contributed by atoms with E-state index in [-0.39, 0.29) is 4.90 Å². The molecule has 5 nitrogen and oxygen atoms in total. The molecule has 0 bridgehead atoms. The Labute approximate surface area is 141 Å². The quantitative estimate of drug-likeness (QED) is 0.558. The van der Waals surface area contributed by atoms with Gasteiger partial charge in [0.05, 0.1) is 0 Å². The molecular formula is C18H14NO4S-. The molecule has 6 heteroatoms. The van der Waals surface area contributed by atoms with Crippen molar-refractivity contribution in [2.75, 3.05) is 5.73 Å². The van der Waals surface area contributed by atoms with Gasteiger partial charge in [0, 0.05) is 10.6 Å². The smallest absolute Gasteiger partial charge is 0.127 e. The van der Waals surface area contributed by atoms with Crippen LogP contribution in [0.2, 0.25) is 0 Å². The van der Waals surface area contributed by atoms with Crippen LogP contribution in [0.5, 0.6) is 23.0 Å². The highest BCUT2D eigenvalue weighted by atomic mass is 32.2. The van der Waals surface area contributed by atoms with Gasteiger partial charge in [-0.15, -0.1) is 0 Å². The van der Waals surface area contributed by atoms with E-state index in [4.69, 9.17) is 15.2 Å². The van der Waals surface area contributed by atoms with Crippen LogP contribution in [0.15, 0.2) is 77.7 Å². The van der Waals surface area contributed by atoms with E-state index in [2.05, 4.69) is 0 Å². The molecule has 3 aromatic rings. The summed E-state index contributed by atoms with van der Waals surface area (Å²) in [5.41, 5.74) is 6.31. The van der Waals surface area contributed by atoms with Crippen LogP contribution in [-0.2, 0) is 11.1 Å². The third kappa shape index (κ3) is 4.13. The first kappa shape index (κ1) is 16.0. The molecule has 0 saturated heterocycles. The van der Waals surface area contributed by atoms with Gasteiger partial charge in [0.25, 0.3) is 0 Å². The highest BCUT2D eigenvalue weighted by Crippen LogP contribution is 2.27. The summed E-state index contributed by atoms with van der Waals surface area (Å²) in [5, 5.41) is 0. The predicted molar refractivity (Wildman–Crippen MR) is 91.1 cm³/mol. The lowest BCUT2D eigenvalue weighted by molar-refractivity contribution is 0.469. The Balaban J connectivity index is 1.65. The Morgan fingerprint density at radius 3 is 1.38 bits per heavy atom. The van der Waals surface area contributed by atoms with Crippen LogP contribution < -0.4 is 15.2 Å². The molecule has 1 unspecified atom stereocenters. The average molecular weight is 340 g/mol. The highest BCUT2D eigenvalue weighted by Gasteiger charge is 2.01. The topological polar surface area (TPSA) is 84.6 Å². The molecule has 122 valence electrons. The molecule has 0 amide bonds. The van der Waals surface area contributed by atoms with Gasteiger partial charge >= 0.3 is 0 Å². The normalized spacial score (nSPS) is 11.7. The predicted octanol–water partition coefficient (Wildman–Crippen LogP) is 4.09. The van der Waals surface area contributed by atoms with Crippen LogP contribution in [0.1, 0.15) is 0 Å². The summed E-state index contributed by atoms with van der Waals surface area (Å²) < 4.78 is 33.0. The van der Waals surface area contributed by atoms with Crippen LogP contribution in [0, 0.1) is 0 Å². The minimum Gasteiger partial charge on any atom is -0.768 e. The lowest BCUT2D eigenvalue weighted by Gasteiger charge is -2.09. The first-order chi connectivity index (χ1) is 11.6. The molecule has 0 aliphatic carbocycles. The van der Waals surface area contributed by atoms with E-state index in [1.54, 1.807) is 60.7 Å². The molecule has 0 aromatic heterocycles. The second-order valence-corrected chi connectivity index (χ2v) is 5.89. The van der Waals surface area contributed by atoms with E-state index in [9.17, 15) is 8.76 Å². The van der Waals surface area contributed by atoms with Crippen LogP contribution in [-0.4, -0.2) is 8.76 Å². The number of hydrogen-bond donors (Lipinski definition) is 1. The third-order valence-corrected chi connectivity index (χ3v) is 3.85. The number of nitrogens with two attached hydrogens (primary N) is 1. The molecule has 0 spiro atoms. The molecule has 0 saturated carbocycles. The van der Waals surface area contributed by atoms with Crippen LogP contribution in [0.25, 0.3) is 0 Å². The van der Waals surface area contributed by atoms with Crippen molar-refractivity contribution in [2.24, 2.45) is 0 Å². The van der Waals surface area contributed by atoms with Crippen LogP contribution in [0.3, 0.4) is 0 Å². The van der Waals surface area contributed by atoms with Gasteiger partial charge in [-0.3, -0.25) is 4.21 Å². The van der Waals surface area contributed by atoms with Crippen LogP contribution in [0.4, 0.5) is 5.69 Å². The molecule has 24 heavy (non-hydrogen) atoms. The van der Waals surface area contributed by atoms with Crippen molar-refractivity contribution in [3.05, 3.63) is 72.8 Å². The Hall–Kier alpha value is -2.83. The Morgan fingerprint density at radius 1 is 0.667 bits per heavy atom. The zero-order valence-electron chi connectivity index (χ0n) is 12.5. The van der Waals surface area contributed by atoms with Crippen molar-refractivity contribution in [3.8, 4) is 23.0 Å². The van der Waals surface area contributed by atoms with Crippen LogP contribution >= 0.6 is 0 Å². The lowest BCUT2D eigenvalue weighted by Crippen LogP contribution is -1.89. The fourth-order valence-corrected chi connectivity index (χ4v) is 2.36. The number of anilines is 1. The zero-order chi connectivity index (χ0) is 16.9. The molecule has 0 fully saturated rings. The summed E-state index contributed by atoms with van der Waals surface area (Å²) >= 11 is -2.24. The number of nitrogen functional groups attached to an aromatic ring is 1.